The predicted molar refractivity (Wildman–Crippen MR) is 139 cm³/mol. The van der Waals surface area contributed by atoms with Gasteiger partial charge in [0.2, 0.25) is 0 Å². The molecule has 0 bridgehead atoms. The van der Waals surface area contributed by atoms with Crippen molar-refractivity contribution in [3.05, 3.63) is 105 Å². The number of halogens is 2. The lowest BCUT2D eigenvalue weighted by molar-refractivity contribution is -0.462. The van der Waals surface area contributed by atoms with E-state index in [-0.39, 0.29) is 12.4 Å². The Morgan fingerprint density at radius 1 is 0.812 bits per heavy atom. The first-order valence-electron chi connectivity index (χ1n) is 10.2. The second-order valence-corrected chi connectivity index (χ2v) is 9.17. The molecule has 0 amide bonds. The van der Waals surface area contributed by atoms with Gasteiger partial charge in [-0.2, -0.15) is 0 Å². The standard InChI is InChI=1S/C27H26IN2O.ClH/c1-29(2)23-13-7-20(8-14-23)27(21-9-15-24(16-10-21)30(3)4)26-18-17-25(31-26)19-5-11-22(28)12-6-19;/h5-18H,1-4H3;1H/q+1;/p-1. The average molecular weight is 557 g/mol. The minimum absolute atomic E-state index is 0. The first kappa shape index (κ1) is 24.1. The van der Waals surface area contributed by atoms with Gasteiger partial charge in [0, 0.05) is 46.6 Å². The normalized spacial score (nSPS) is 12.5. The van der Waals surface area contributed by atoms with Crippen LogP contribution in [0.5, 0.6) is 0 Å². The third kappa shape index (κ3) is 5.25. The van der Waals surface area contributed by atoms with Gasteiger partial charge in [-0.25, -0.2) is 4.58 Å². The van der Waals surface area contributed by atoms with Gasteiger partial charge in [0.1, 0.15) is 25.6 Å². The van der Waals surface area contributed by atoms with Crippen molar-refractivity contribution in [3.8, 4) is 11.3 Å². The molecule has 0 N–H and O–H groups in total. The van der Waals surface area contributed by atoms with Gasteiger partial charge in [0.15, 0.2) is 5.71 Å². The second kappa shape index (κ2) is 10.4. The molecule has 3 nitrogen and oxygen atoms in total. The van der Waals surface area contributed by atoms with Crippen LogP contribution in [0.2, 0.25) is 0 Å². The summed E-state index contributed by atoms with van der Waals surface area (Å²) < 4.78 is 9.69. The van der Waals surface area contributed by atoms with E-state index in [0.29, 0.717) is 0 Å². The number of furan rings is 1. The number of rotatable bonds is 4. The molecular weight excluding hydrogens is 531 g/mol. The van der Waals surface area contributed by atoms with Crippen LogP contribution in [0.3, 0.4) is 0 Å². The molecule has 2 aromatic carbocycles. The monoisotopic (exact) mass is 556 g/mol. The zero-order valence-corrected chi connectivity index (χ0v) is 21.6. The summed E-state index contributed by atoms with van der Waals surface area (Å²) in [4.78, 5) is 2.11. The average Bonchev–Trinajstić information content (AvgIpc) is 3.25. The van der Waals surface area contributed by atoms with E-state index in [2.05, 4.69) is 145 Å². The third-order valence-corrected chi connectivity index (χ3v) is 6.05. The fourth-order valence-electron chi connectivity index (χ4n) is 3.55. The quantitative estimate of drug-likeness (QED) is 0.363. The number of nitrogens with zero attached hydrogens (tertiary/aromatic N) is 2. The number of benzene rings is 2. The van der Waals surface area contributed by atoms with Gasteiger partial charge >= 0.3 is 0 Å². The highest BCUT2D eigenvalue weighted by Gasteiger charge is 2.17. The molecule has 0 saturated carbocycles. The largest absolute Gasteiger partial charge is 1.00 e. The lowest BCUT2D eigenvalue weighted by Crippen LogP contribution is -3.00. The van der Waals surface area contributed by atoms with Crippen molar-refractivity contribution < 1.29 is 21.4 Å². The van der Waals surface area contributed by atoms with Gasteiger partial charge in [-0.1, -0.05) is 24.3 Å². The van der Waals surface area contributed by atoms with Crippen molar-refractivity contribution in [1.29, 1.82) is 0 Å². The summed E-state index contributed by atoms with van der Waals surface area (Å²) in [5.74, 6) is 1.74. The summed E-state index contributed by atoms with van der Waals surface area (Å²) in [6, 6.07) is 21.1. The van der Waals surface area contributed by atoms with Crippen LogP contribution in [0.25, 0.3) is 16.9 Å². The summed E-state index contributed by atoms with van der Waals surface area (Å²) >= 11 is 2.32. The molecule has 0 aliphatic heterocycles. The molecule has 1 aromatic heterocycles. The number of anilines is 1. The molecule has 0 saturated heterocycles. The van der Waals surface area contributed by atoms with Crippen molar-refractivity contribution in [2.45, 2.75) is 0 Å². The smallest absolute Gasteiger partial charge is 0.199 e. The summed E-state index contributed by atoms with van der Waals surface area (Å²) in [7, 11) is 8.22. The van der Waals surface area contributed by atoms with Crippen molar-refractivity contribution >= 4 is 39.6 Å². The first-order valence-corrected chi connectivity index (χ1v) is 11.3. The fraction of sp³-hybridized carbons (Fsp3) is 0.148. The zero-order chi connectivity index (χ0) is 22.0. The van der Waals surface area contributed by atoms with E-state index in [1.54, 1.807) is 0 Å². The van der Waals surface area contributed by atoms with Gasteiger partial charge in [0.25, 0.3) is 0 Å². The number of hydrogen-bond donors (Lipinski definition) is 0. The highest BCUT2D eigenvalue weighted by molar-refractivity contribution is 14.1. The lowest BCUT2D eigenvalue weighted by atomic mass is 9.94. The molecule has 32 heavy (non-hydrogen) atoms. The molecule has 4 rings (SSSR count). The van der Waals surface area contributed by atoms with Crippen molar-refractivity contribution in [2.75, 3.05) is 33.1 Å². The SMILES string of the molecule is CN(C)c1ccc(C(=C2C=CC(=[N+](C)C)C=C2)c2ccc(-c3ccc(I)cc3)o2)cc1.[Cl-]. The zero-order valence-electron chi connectivity index (χ0n) is 18.6. The maximum atomic E-state index is 6.38. The molecule has 0 atom stereocenters. The molecule has 0 fully saturated rings. The summed E-state index contributed by atoms with van der Waals surface area (Å²) in [5.41, 5.74) is 6.78. The van der Waals surface area contributed by atoms with Gasteiger partial charge in [-0.15, -0.1) is 0 Å². The molecule has 1 aliphatic rings. The maximum Gasteiger partial charge on any atom is 0.199 e. The van der Waals surface area contributed by atoms with E-state index in [9.17, 15) is 0 Å². The molecule has 1 heterocycles. The molecular formula is C27H26ClIN2O. The summed E-state index contributed by atoms with van der Waals surface area (Å²) in [5, 5.41) is 0. The van der Waals surface area contributed by atoms with Crippen molar-refractivity contribution in [3.63, 3.8) is 0 Å². The van der Waals surface area contributed by atoms with Gasteiger partial charge < -0.3 is 21.7 Å². The highest BCUT2D eigenvalue weighted by atomic mass is 127. The Kier molecular flexibility index (Phi) is 7.80. The molecule has 1 aliphatic carbocycles. The molecule has 3 aromatic rings. The van der Waals surface area contributed by atoms with Crippen LogP contribution < -0.4 is 17.3 Å². The molecule has 0 unspecified atom stereocenters. The molecule has 164 valence electrons. The Morgan fingerprint density at radius 2 is 1.44 bits per heavy atom. The van der Waals surface area contributed by atoms with E-state index < -0.39 is 0 Å². The van der Waals surface area contributed by atoms with E-state index in [4.69, 9.17) is 4.42 Å². The first-order chi connectivity index (χ1) is 14.9. The Balaban J connectivity index is 0.00000289. The Hall–Kier alpha value is -2.57. The van der Waals surface area contributed by atoms with Crippen LogP contribution in [-0.2, 0) is 0 Å². The van der Waals surface area contributed by atoms with E-state index >= 15 is 0 Å². The Labute approximate surface area is 210 Å². The fourth-order valence-corrected chi connectivity index (χ4v) is 3.90. The van der Waals surface area contributed by atoms with E-state index in [0.717, 1.165) is 33.8 Å². The Bertz CT molecular complexity index is 1190. The van der Waals surface area contributed by atoms with Gasteiger partial charge in [-0.3, -0.25) is 0 Å². The molecule has 0 spiro atoms. The highest BCUT2D eigenvalue weighted by Crippen LogP contribution is 2.34. The van der Waals surface area contributed by atoms with Crippen molar-refractivity contribution in [1.82, 2.24) is 0 Å². The van der Waals surface area contributed by atoms with Gasteiger partial charge in [0.05, 0.1) is 0 Å². The summed E-state index contributed by atoms with van der Waals surface area (Å²) in [6.07, 6.45) is 8.62. The van der Waals surface area contributed by atoms with Crippen LogP contribution in [0.1, 0.15) is 11.3 Å². The Morgan fingerprint density at radius 3 is 2.00 bits per heavy atom. The minimum Gasteiger partial charge on any atom is -1.00 e. The van der Waals surface area contributed by atoms with Crippen LogP contribution in [0.4, 0.5) is 5.69 Å². The van der Waals surface area contributed by atoms with Crippen LogP contribution >= 0.6 is 22.6 Å². The molecule has 0 radical (unpaired) electrons. The molecule has 5 heteroatoms. The number of hydrogen-bond acceptors (Lipinski definition) is 2. The van der Waals surface area contributed by atoms with Crippen LogP contribution in [0.15, 0.2) is 95.0 Å². The third-order valence-electron chi connectivity index (χ3n) is 5.33. The van der Waals surface area contributed by atoms with Crippen molar-refractivity contribution in [2.24, 2.45) is 0 Å². The topological polar surface area (TPSA) is 19.4 Å². The van der Waals surface area contributed by atoms with E-state index in [1.807, 2.05) is 0 Å². The maximum absolute atomic E-state index is 6.38. The van der Waals surface area contributed by atoms with Gasteiger partial charge in [-0.05, 0) is 82.3 Å². The van der Waals surface area contributed by atoms with Crippen LogP contribution in [-0.4, -0.2) is 38.5 Å². The minimum atomic E-state index is 0. The van der Waals surface area contributed by atoms with E-state index in [1.165, 1.54) is 15.0 Å². The second-order valence-electron chi connectivity index (χ2n) is 7.93. The lowest BCUT2D eigenvalue weighted by Gasteiger charge is -2.15. The van der Waals surface area contributed by atoms with Crippen LogP contribution in [0, 0.1) is 3.57 Å². The number of allylic oxidation sites excluding steroid dienone is 5. The predicted octanol–water partition coefficient (Wildman–Crippen LogP) is 3.26. The summed E-state index contributed by atoms with van der Waals surface area (Å²) in [6.45, 7) is 0.